The molecule has 5 nitrogen and oxygen atoms in total. The summed E-state index contributed by atoms with van der Waals surface area (Å²) >= 11 is 16.3. The summed E-state index contributed by atoms with van der Waals surface area (Å²) in [5, 5.41) is 10.6. The number of hydrogen-bond acceptors (Lipinski definition) is 6. The summed E-state index contributed by atoms with van der Waals surface area (Å²) in [5.41, 5.74) is 5.93. The van der Waals surface area contributed by atoms with E-state index in [-0.39, 0.29) is 5.41 Å². The van der Waals surface area contributed by atoms with E-state index in [4.69, 9.17) is 28.8 Å². The first-order valence-corrected chi connectivity index (χ1v) is 15.7. The smallest absolute Gasteiger partial charge is 0.160 e. The van der Waals surface area contributed by atoms with Crippen molar-refractivity contribution in [1.29, 1.82) is 0 Å². The van der Waals surface area contributed by atoms with Crippen LogP contribution in [0.25, 0.3) is 5.00 Å². The van der Waals surface area contributed by atoms with E-state index in [0.29, 0.717) is 11.6 Å². The zero-order valence-corrected chi connectivity index (χ0v) is 25.7. The second kappa shape index (κ2) is 10.5. The summed E-state index contributed by atoms with van der Waals surface area (Å²) in [4.78, 5) is 11.0. The summed E-state index contributed by atoms with van der Waals surface area (Å²) in [6.45, 7) is 10.9. The van der Waals surface area contributed by atoms with E-state index in [1.54, 1.807) is 0 Å². The summed E-state index contributed by atoms with van der Waals surface area (Å²) in [5.74, 6) is 2.53. The summed E-state index contributed by atoms with van der Waals surface area (Å²) in [7, 11) is 0. The van der Waals surface area contributed by atoms with Gasteiger partial charge in [-0.1, -0.05) is 74.9 Å². The van der Waals surface area contributed by atoms with Gasteiger partial charge in [-0.2, -0.15) is 0 Å². The van der Waals surface area contributed by atoms with Crippen LogP contribution in [-0.2, 0) is 24.9 Å². The van der Waals surface area contributed by atoms with Gasteiger partial charge in [0.15, 0.2) is 5.82 Å². The van der Waals surface area contributed by atoms with E-state index in [9.17, 15) is 0 Å². The van der Waals surface area contributed by atoms with E-state index in [0.717, 1.165) is 58.2 Å². The Balaban J connectivity index is 1.27. The normalized spacial score (nSPS) is 14.8. The van der Waals surface area contributed by atoms with Crippen molar-refractivity contribution in [2.24, 2.45) is 4.99 Å². The molecule has 2 aromatic heterocycles. The lowest BCUT2D eigenvalue weighted by Crippen LogP contribution is -2.35. The Hall–Kier alpha value is -2.52. The first-order valence-electron chi connectivity index (χ1n) is 13.1. The van der Waals surface area contributed by atoms with E-state index in [2.05, 4.69) is 70.8 Å². The maximum atomic E-state index is 6.68. The van der Waals surface area contributed by atoms with Gasteiger partial charge in [0, 0.05) is 38.2 Å². The predicted octanol–water partition coefficient (Wildman–Crippen LogP) is 7.42. The largest absolute Gasteiger partial charge is 0.360 e. The van der Waals surface area contributed by atoms with Crippen LogP contribution < -0.4 is 0 Å². The molecule has 0 unspecified atom stereocenters. The number of aryl methyl sites for hydroxylation is 1. The molecule has 6 rings (SSSR count). The van der Waals surface area contributed by atoms with Crippen LogP contribution in [-0.4, -0.2) is 42.7 Å². The van der Waals surface area contributed by atoms with E-state index >= 15 is 0 Å². The van der Waals surface area contributed by atoms with Crippen LogP contribution in [0.1, 0.15) is 59.6 Å². The molecule has 4 heterocycles. The SMILES string of the molecule is Cc1nnc2n1-c1sc3c(c1C(c1ccccc1Cl)=NC2)CCN(C(=S)CSc1ccc(C(C)(C)C)cc1)C3. The molecular formula is C30H30ClN5S3. The van der Waals surface area contributed by atoms with E-state index < -0.39 is 0 Å². The lowest BCUT2D eigenvalue weighted by molar-refractivity contribution is 0.404. The van der Waals surface area contributed by atoms with Crippen molar-refractivity contribution in [3.05, 3.63) is 92.3 Å². The van der Waals surface area contributed by atoms with Crippen molar-refractivity contribution in [2.45, 2.75) is 57.5 Å². The van der Waals surface area contributed by atoms with Gasteiger partial charge in [0.05, 0.1) is 17.2 Å². The highest BCUT2D eigenvalue weighted by atomic mass is 35.5. The molecule has 0 N–H and O–H groups in total. The Labute approximate surface area is 248 Å². The number of thiocarbonyl (C=S) groups is 1. The van der Waals surface area contributed by atoms with Gasteiger partial charge in [-0.05, 0) is 48.1 Å². The molecule has 0 atom stereocenters. The van der Waals surface area contributed by atoms with Gasteiger partial charge in [-0.3, -0.25) is 9.56 Å². The molecule has 0 saturated carbocycles. The Kier molecular flexibility index (Phi) is 7.16. The van der Waals surface area contributed by atoms with Crippen LogP contribution in [0.5, 0.6) is 0 Å². The van der Waals surface area contributed by atoms with Crippen molar-refractivity contribution >= 4 is 57.6 Å². The number of rotatable bonds is 4. The van der Waals surface area contributed by atoms with E-state index in [1.807, 2.05) is 48.2 Å². The van der Waals surface area contributed by atoms with Crippen molar-refractivity contribution in [1.82, 2.24) is 19.7 Å². The van der Waals surface area contributed by atoms with Crippen LogP contribution in [0.15, 0.2) is 58.4 Å². The Morgan fingerprint density at radius 1 is 1.10 bits per heavy atom. The average Bonchev–Trinajstić information content (AvgIpc) is 3.42. The Bertz CT molecular complexity index is 1590. The topological polar surface area (TPSA) is 46.3 Å². The van der Waals surface area contributed by atoms with Gasteiger partial charge in [0.2, 0.25) is 0 Å². The minimum atomic E-state index is 0.158. The fourth-order valence-electron chi connectivity index (χ4n) is 5.17. The lowest BCUT2D eigenvalue weighted by atomic mass is 9.87. The van der Waals surface area contributed by atoms with Crippen LogP contribution in [0, 0.1) is 6.92 Å². The molecule has 2 aromatic carbocycles. The Morgan fingerprint density at radius 2 is 1.87 bits per heavy atom. The van der Waals surface area contributed by atoms with Crippen molar-refractivity contribution in [3.8, 4) is 5.00 Å². The van der Waals surface area contributed by atoms with Gasteiger partial charge < -0.3 is 4.90 Å². The second-order valence-electron chi connectivity index (χ2n) is 11.0. The Morgan fingerprint density at radius 3 is 2.62 bits per heavy atom. The van der Waals surface area contributed by atoms with Crippen LogP contribution in [0.2, 0.25) is 5.02 Å². The van der Waals surface area contributed by atoms with Crippen LogP contribution in [0.3, 0.4) is 0 Å². The summed E-state index contributed by atoms with van der Waals surface area (Å²) < 4.78 is 2.17. The number of thiophene rings is 1. The molecule has 2 aliphatic heterocycles. The number of aliphatic imine (C=N–C) groups is 1. The average molecular weight is 592 g/mol. The highest BCUT2D eigenvalue weighted by Crippen LogP contribution is 2.40. The molecule has 0 fully saturated rings. The maximum Gasteiger partial charge on any atom is 0.160 e. The number of halogens is 1. The fourth-order valence-corrected chi connectivity index (χ4v) is 7.96. The third kappa shape index (κ3) is 5.08. The zero-order valence-electron chi connectivity index (χ0n) is 22.5. The van der Waals surface area contributed by atoms with Gasteiger partial charge >= 0.3 is 0 Å². The fraction of sp³-hybridized carbons (Fsp3) is 0.333. The van der Waals surface area contributed by atoms with Crippen molar-refractivity contribution < 1.29 is 0 Å². The third-order valence-corrected chi connectivity index (χ3v) is 10.5. The van der Waals surface area contributed by atoms with Crippen molar-refractivity contribution in [3.63, 3.8) is 0 Å². The summed E-state index contributed by atoms with van der Waals surface area (Å²) in [6, 6.07) is 16.9. The van der Waals surface area contributed by atoms with Gasteiger partial charge in [0.25, 0.3) is 0 Å². The quantitative estimate of drug-likeness (QED) is 0.183. The molecule has 0 bridgehead atoms. The first kappa shape index (κ1) is 26.7. The molecule has 2 aliphatic rings. The van der Waals surface area contributed by atoms with Crippen LogP contribution >= 0.6 is 46.9 Å². The first-order chi connectivity index (χ1) is 18.7. The summed E-state index contributed by atoms with van der Waals surface area (Å²) in [6.07, 6.45) is 0.909. The predicted molar refractivity (Wildman–Crippen MR) is 167 cm³/mol. The number of benzene rings is 2. The number of aromatic nitrogens is 3. The molecule has 0 aliphatic carbocycles. The van der Waals surface area contributed by atoms with Crippen LogP contribution in [0.4, 0.5) is 0 Å². The molecule has 39 heavy (non-hydrogen) atoms. The molecule has 0 saturated heterocycles. The van der Waals surface area contributed by atoms with E-state index in [1.165, 1.54) is 26.5 Å². The minimum Gasteiger partial charge on any atom is -0.360 e. The monoisotopic (exact) mass is 591 g/mol. The highest BCUT2D eigenvalue weighted by molar-refractivity contribution is 8.01. The van der Waals surface area contributed by atoms with Gasteiger partial charge in [-0.25, -0.2) is 0 Å². The molecule has 200 valence electrons. The number of hydrogen-bond donors (Lipinski definition) is 0. The van der Waals surface area contributed by atoms with Gasteiger partial charge in [0.1, 0.15) is 17.4 Å². The molecule has 0 spiro atoms. The third-order valence-electron chi connectivity index (χ3n) is 7.31. The number of fused-ring (bicyclic) bond motifs is 5. The molecule has 9 heteroatoms. The lowest BCUT2D eigenvalue weighted by Gasteiger charge is -2.29. The minimum absolute atomic E-state index is 0.158. The molecule has 4 aromatic rings. The number of thioether (sulfide) groups is 1. The standard InChI is InChI=1S/C30H30ClN5S3/c1-18-33-34-25-15-32-28(21-7-5-6-8-23(21)31)27-22-13-14-35(16-24(22)39-29(27)36(18)25)26(37)17-38-20-11-9-19(10-12-20)30(2,3)4/h5-12H,13-17H2,1-4H3. The number of nitrogens with zero attached hydrogens (tertiary/aromatic N) is 5. The molecular weight excluding hydrogens is 562 g/mol. The highest BCUT2D eigenvalue weighted by Gasteiger charge is 2.32. The maximum absolute atomic E-state index is 6.68. The van der Waals surface area contributed by atoms with Crippen molar-refractivity contribution in [2.75, 3.05) is 12.3 Å². The zero-order chi connectivity index (χ0) is 27.3. The van der Waals surface area contributed by atoms with Gasteiger partial charge in [-0.15, -0.1) is 33.3 Å². The second-order valence-corrected chi connectivity index (χ2v) is 14.0. The molecule has 0 radical (unpaired) electrons. The molecule has 0 amide bonds.